The van der Waals surface area contributed by atoms with Crippen molar-refractivity contribution in [1.82, 2.24) is 4.57 Å². The van der Waals surface area contributed by atoms with Crippen molar-refractivity contribution in [3.05, 3.63) is 193 Å². The van der Waals surface area contributed by atoms with Crippen LogP contribution in [0.1, 0.15) is 50.7 Å². The highest BCUT2D eigenvalue weighted by Crippen LogP contribution is 2.46. The second-order valence-electron chi connectivity index (χ2n) is 19.2. The number of hydrogen-bond acceptors (Lipinski definition) is 5. The first-order valence-electron chi connectivity index (χ1n) is 25.0. The van der Waals surface area contributed by atoms with E-state index in [1.165, 1.54) is 75.0 Å². The number of nitrogens with zero attached hydrogens (tertiary/aromatic N) is 2. The van der Waals surface area contributed by atoms with Crippen molar-refractivity contribution in [2.45, 2.75) is 52.4 Å². The van der Waals surface area contributed by atoms with E-state index in [0.717, 1.165) is 92.2 Å². The van der Waals surface area contributed by atoms with Crippen LogP contribution < -0.4 is 56.6 Å². The Balaban J connectivity index is 0.982. The van der Waals surface area contributed by atoms with E-state index in [-0.39, 0.29) is 13.4 Å². The Labute approximate surface area is 408 Å². The van der Waals surface area contributed by atoms with E-state index in [2.05, 4.69) is 193 Å². The van der Waals surface area contributed by atoms with Crippen LogP contribution in [0, 0.1) is 0 Å². The molecule has 4 aliphatic heterocycles. The van der Waals surface area contributed by atoms with Crippen molar-refractivity contribution < 1.29 is 18.9 Å². The summed E-state index contributed by atoms with van der Waals surface area (Å²) in [4.78, 5) is 2.43. The topological polar surface area (TPSA) is 45.1 Å². The summed E-state index contributed by atoms with van der Waals surface area (Å²) in [6.45, 7) is 4.22. The van der Waals surface area contributed by atoms with E-state index in [1.807, 2.05) is 12.1 Å². The lowest BCUT2D eigenvalue weighted by Crippen LogP contribution is -2.63. The maximum absolute atomic E-state index is 7.20. The summed E-state index contributed by atoms with van der Waals surface area (Å²) in [5, 5.41) is 2.47. The SMILES string of the molecule is CCCCc1ccc(Oc2cc3c4c(c2)Oc2cc5c(cc2B4c2ccccc2O3)B2c3c(cc(Oc4ccc(CCCC)cc4)cc3-n3c4ccccc4c4cccc2c43)N5c2ccccc2)cc1. The van der Waals surface area contributed by atoms with E-state index in [0.29, 0.717) is 5.75 Å². The van der Waals surface area contributed by atoms with Gasteiger partial charge in [0.2, 0.25) is 0 Å². The van der Waals surface area contributed by atoms with Gasteiger partial charge in [-0.2, -0.15) is 0 Å². The molecule has 1 aromatic heterocycles. The van der Waals surface area contributed by atoms with E-state index in [1.54, 1.807) is 0 Å². The van der Waals surface area contributed by atoms with Crippen molar-refractivity contribution in [3.63, 3.8) is 0 Å². The zero-order chi connectivity index (χ0) is 46.5. The molecule has 5 heterocycles. The van der Waals surface area contributed by atoms with Crippen LogP contribution in [0.5, 0.6) is 46.0 Å². The number of ether oxygens (including phenoxy) is 4. The number of unbranched alkanes of at least 4 members (excludes halogenated alkanes) is 2. The summed E-state index contributed by atoms with van der Waals surface area (Å²) in [5.74, 6) is 6.14. The number of benzene rings is 9. The van der Waals surface area contributed by atoms with Gasteiger partial charge in [0.1, 0.15) is 46.0 Å². The molecular formula is C62H48B2N2O4. The van der Waals surface area contributed by atoms with Crippen molar-refractivity contribution in [2.24, 2.45) is 0 Å². The van der Waals surface area contributed by atoms with Gasteiger partial charge in [-0.25, -0.2) is 0 Å². The molecule has 0 amide bonds. The number of para-hydroxylation sites is 4. The summed E-state index contributed by atoms with van der Waals surface area (Å²) in [5.41, 5.74) is 16.3. The Morgan fingerprint density at radius 1 is 0.429 bits per heavy atom. The maximum atomic E-state index is 7.20. The maximum Gasteiger partial charge on any atom is 0.260 e. The first-order chi connectivity index (χ1) is 34.6. The quantitative estimate of drug-likeness (QED) is 0.121. The molecule has 0 saturated carbocycles. The minimum absolute atomic E-state index is 0.0993. The molecular weight excluding hydrogens is 858 g/mol. The second-order valence-corrected chi connectivity index (χ2v) is 19.2. The van der Waals surface area contributed by atoms with E-state index >= 15 is 0 Å². The van der Waals surface area contributed by atoms with Gasteiger partial charge in [0.05, 0.1) is 5.52 Å². The van der Waals surface area contributed by atoms with Crippen LogP contribution in [0.2, 0.25) is 0 Å². The minimum atomic E-state index is -0.142. The third-order valence-electron chi connectivity index (χ3n) is 14.9. The van der Waals surface area contributed by atoms with Crippen LogP contribution in [0.15, 0.2) is 182 Å². The normalized spacial score (nSPS) is 13.2. The molecule has 6 nitrogen and oxygen atoms in total. The predicted octanol–water partition coefficient (Wildman–Crippen LogP) is 12.4. The van der Waals surface area contributed by atoms with E-state index in [9.17, 15) is 0 Å². The van der Waals surface area contributed by atoms with Gasteiger partial charge in [0.15, 0.2) is 0 Å². The van der Waals surface area contributed by atoms with Gasteiger partial charge in [-0.15, -0.1) is 0 Å². The highest BCUT2D eigenvalue weighted by atomic mass is 16.5. The summed E-state index contributed by atoms with van der Waals surface area (Å²) in [6, 6.07) is 65.3. The van der Waals surface area contributed by atoms with Crippen LogP contribution in [0.3, 0.4) is 0 Å². The molecule has 336 valence electrons. The Morgan fingerprint density at radius 2 is 1.03 bits per heavy atom. The number of aryl methyl sites for hydroxylation is 2. The third-order valence-corrected chi connectivity index (χ3v) is 14.9. The molecule has 0 aliphatic carbocycles. The van der Waals surface area contributed by atoms with Crippen LogP contribution in [-0.4, -0.2) is 18.0 Å². The molecule has 0 atom stereocenters. The second kappa shape index (κ2) is 16.3. The smallest absolute Gasteiger partial charge is 0.260 e. The lowest BCUT2D eigenvalue weighted by atomic mass is 9.31. The van der Waals surface area contributed by atoms with Gasteiger partial charge >= 0.3 is 0 Å². The standard InChI is InChI=1S/C62H48B2N2O4/c1-3-5-15-39-25-29-42(30-26-39)67-44-33-54-60-55(34-44)66-52-23-12-10-19-46(52)47-20-14-22-49(62(47)66)64(60)50-37-51-57(38-53(50)65(54)41-17-8-7-9-18-41)70-59-36-45(68-43-31-27-40(28-32-43)16-6-4-2)35-58-61(59)63(51)48-21-11-13-24-56(48)69-58/h7-14,17-38H,3-6,15-16H2,1-2H3. The predicted molar refractivity (Wildman–Crippen MR) is 288 cm³/mol. The van der Waals surface area contributed by atoms with Crippen LogP contribution in [0.25, 0.3) is 27.5 Å². The molecule has 0 spiro atoms. The van der Waals surface area contributed by atoms with Crippen molar-refractivity contribution in [1.29, 1.82) is 0 Å². The summed E-state index contributed by atoms with van der Waals surface area (Å²) in [6.07, 6.45) is 6.79. The molecule has 0 fully saturated rings. The molecule has 0 unspecified atom stereocenters. The molecule has 0 radical (unpaired) electrons. The Morgan fingerprint density at radius 3 is 1.76 bits per heavy atom. The van der Waals surface area contributed by atoms with Gasteiger partial charge in [0, 0.05) is 74.8 Å². The third kappa shape index (κ3) is 6.42. The molecule has 0 N–H and O–H groups in total. The summed E-state index contributed by atoms with van der Waals surface area (Å²) < 4.78 is 30.0. The monoisotopic (exact) mass is 906 g/mol. The van der Waals surface area contributed by atoms with E-state index < -0.39 is 0 Å². The van der Waals surface area contributed by atoms with Gasteiger partial charge < -0.3 is 28.4 Å². The van der Waals surface area contributed by atoms with Gasteiger partial charge in [-0.05, 0) is 113 Å². The molecule has 9 aromatic carbocycles. The fourth-order valence-corrected chi connectivity index (χ4v) is 11.8. The minimum Gasteiger partial charge on any atom is -0.458 e. The fraction of sp³-hybridized carbons (Fsp3) is 0.129. The van der Waals surface area contributed by atoms with Gasteiger partial charge in [-0.3, -0.25) is 0 Å². The van der Waals surface area contributed by atoms with E-state index in [4.69, 9.17) is 18.9 Å². The lowest BCUT2D eigenvalue weighted by molar-refractivity contribution is 0.443. The molecule has 70 heavy (non-hydrogen) atoms. The Hall–Kier alpha value is -8.09. The van der Waals surface area contributed by atoms with Gasteiger partial charge in [0.25, 0.3) is 13.4 Å². The molecule has 14 rings (SSSR count). The molecule has 10 aromatic rings. The Bertz CT molecular complexity index is 3720. The molecule has 0 saturated heterocycles. The zero-order valence-electron chi connectivity index (χ0n) is 39.2. The number of fused-ring (bicyclic) bond motifs is 11. The highest BCUT2D eigenvalue weighted by molar-refractivity contribution is 7.02. The average Bonchev–Trinajstić information content (AvgIpc) is 3.74. The average molecular weight is 907 g/mol. The largest absolute Gasteiger partial charge is 0.458 e. The fourth-order valence-electron chi connectivity index (χ4n) is 11.8. The molecule has 8 heteroatoms. The first kappa shape index (κ1) is 40.9. The van der Waals surface area contributed by atoms with Crippen LogP contribution in [0.4, 0.5) is 17.1 Å². The van der Waals surface area contributed by atoms with Gasteiger partial charge in [-0.1, -0.05) is 130 Å². The van der Waals surface area contributed by atoms with Crippen molar-refractivity contribution >= 4 is 85.1 Å². The number of aromatic nitrogens is 1. The zero-order valence-corrected chi connectivity index (χ0v) is 39.2. The van der Waals surface area contributed by atoms with Crippen LogP contribution in [-0.2, 0) is 12.8 Å². The number of hydrogen-bond donors (Lipinski definition) is 0. The summed E-state index contributed by atoms with van der Waals surface area (Å²) >= 11 is 0. The highest BCUT2D eigenvalue weighted by Gasteiger charge is 2.46. The number of anilines is 3. The summed E-state index contributed by atoms with van der Waals surface area (Å²) in [7, 11) is 0. The van der Waals surface area contributed by atoms with Crippen molar-refractivity contribution in [3.8, 4) is 51.7 Å². The lowest BCUT2D eigenvalue weighted by Gasteiger charge is -2.42. The Kier molecular flexibility index (Phi) is 9.51. The van der Waals surface area contributed by atoms with Crippen molar-refractivity contribution in [2.75, 3.05) is 4.90 Å². The van der Waals surface area contributed by atoms with Crippen LogP contribution >= 0.6 is 0 Å². The first-order valence-corrected chi connectivity index (χ1v) is 25.0. The molecule has 4 aliphatic rings. The molecule has 0 bridgehead atoms. The number of rotatable bonds is 11.